The van der Waals surface area contributed by atoms with Crippen LogP contribution in [0.3, 0.4) is 0 Å². The number of halogens is 6. The Bertz CT molecular complexity index is 1090. The van der Waals surface area contributed by atoms with E-state index in [1.807, 2.05) is 0 Å². The van der Waals surface area contributed by atoms with Crippen LogP contribution in [0.25, 0.3) is 0 Å². The number of rotatable bonds is 6. The molecule has 164 valence electrons. The van der Waals surface area contributed by atoms with Gasteiger partial charge in [0.05, 0.1) is 17.8 Å². The second-order valence-corrected chi connectivity index (χ2v) is 6.71. The van der Waals surface area contributed by atoms with Crippen molar-refractivity contribution in [3.05, 3.63) is 70.9 Å². The van der Waals surface area contributed by atoms with E-state index in [2.05, 4.69) is 20.5 Å². The Kier molecular flexibility index (Phi) is 6.68. The van der Waals surface area contributed by atoms with Crippen molar-refractivity contribution < 1.29 is 31.1 Å². The van der Waals surface area contributed by atoms with Crippen LogP contribution in [-0.4, -0.2) is 21.5 Å². The zero-order chi connectivity index (χ0) is 22.7. The molecule has 0 saturated heterocycles. The van der Waals surface area contributed by atoms with Crippen molar-refractivity contribution in [3.63, 3.8) is 0 Å². The maximum absolute atomic E-state index is 13.8. The van der Waals surface area contributed by atoms with Crippen LogP contribution in [0, 0.1) is 30.2 Å². The Morgan fingerprint density at radius 2 is 1.74 bits per heavy atom. The first-order valence-electron chi connectivity index (χ1n) is 8.63. The number of benzene rings is 2. The Morgan fingerprint density at radius 1 is 1.06 bits per heavy atom. The van der Waals surface area contributed by atoms with Crippen LogP contribution in [0.2, 0.25) is 0 Å². The fourth-order valence-electron chi connectivity index (χ4n) is 2.65. The number of aromatic nitrogens is 2. The third kappa shape index (κ3) is 5.45. The average molecular weight is 460 g/mol. The second kappa shape index (κ2) is 9.25. The van der Waals surface area contributed by atoms with Gasteiger partial charge in [0.2, 0.25) is 0 Å². The normalized spacial score (nSPS) is 11.0. The molecular weight excluding hydrogens is 446 g/mol. The summed E-state index contributed by atoms with van der Waals surface area (Å²) in [4.78, 5) is 0. The standard InChI is InChI=1S/C19H14F6N4OS/c1-9-2-3-14(30-18(24)25)13(6-9)26-19(31)27-15-4-5-29(28-15)8-10-16(22)11(20)7-12(21)17(10)23/h2-7,18H,8H2,1H3,(H2,26,27,28,31). The number of hydrogen-bond donors (Lipinski definition) is 2. The predicted molar refractivity (Wildman–Crippen MR) is 105 cm³/mol. The molecule has 0 atom stereocenters. The van der Waals surface area contributed by atoms with Gasteiger partial charge in [-0.3, -0.25) is 4.68 Å². The molecule has 2 N–H and O–H groups in total. The number of alkyl halides is 2. The summed E-state index contributed by atoms with van der Waals surface area (Å²) in [5, 5.41) is 9.28. The molecule has 0 spiro atoms. The molecule has 1 aromatic heterocycles. The van der Waals surface area contributed by atoms with E-state index < -0.39 is 42.0 Å². The summed E-state index contributed by atoms with van der Waals surface area (Å²) in [5.41, 5.74) is 0.0978. The van der Waals surface area contributed by atoms with Gasteiger partial charge in [0, 0.05) is 18.3 Å². The number of ether oxygens (including phenoxy) is 1. The summed E-state index contributed by atoms with van der Waals surface area (Å²) >= 11 is 5.12. The Hall–Kier alpha value is -3.28. The lowest BCUT2D eigenvalue weighted by Crippen LogP contribution is -2.20. The fourth-order valence-corrected chi connectivity index (χ4v) is 2.86. The van der Waals surface area contributed by atoms with Crippen LogP contribution >= 0.6 is 12.2 Å². The molecule has 3 aromatic rings. The quantitative estimate of drug-likeness (QED) is 0.301. The maximum atomic E-state index is 13.8. The Labute approximate surface area is 177 Å². The zero-order valence-corrected chi connectivity index (χ0v) is 16.5. The number of hydrogen-bond acceptors (Lipinski definition) is 3. The maximum Gasteiger partial charge on any atom is 0.387 e. The first kappa shape index (κ1) is 22.4. The Balaban J connectivity index is 1.71. The van der Waals surface area contributed by atoms with Gasteiger partial charge in [-0.1, -0.05) is 6.07 Å². The van der Waals surface area contributed by atoms with E-state index in [0.717, 1.165) is 10.2 Å². The highest BCUT2D eigenvalue weighted by molar-refractivity contribution is 7.80. The largest absolute Gasteiger partial charge is 0.433 e. The van der Waals surface area contributed by atoms with Gasteiger partial charge in [-0.15, -0.1) is 0 Å². The molecule has 0 saturated carbocycles. The predicted octanol–water partition coefficient (Wildman–Crippen LogP) is 5.21. The van der Waals surface area contributed by atoms with Crippen molar-refractivity contribution >= 4 is 28.8 Å². The van der Waals surface area contributed by atoms with E-state index in [4.69, 9.17) is 12.2 Å². The number of nitrogens with one attached hydrogen (secondary N) is 2. The van der Waals surface area contributed by atoms with E-state index in [1.54, 1.807) is 13.0 Å². The van der Waals surface area contributed by atoms with Gasteiger partial charge < -0.3 is 15.4 Å². The molecule has 1 heterocycles. The lowest BCUT2D eigenvalue weighted by molar-refractivity contribution is -0.0493. The number of anilines is 2. The number of aryl methyl sites for hydroxylation is 1. The molecule has 12 heteroatoms. The van der Waals surface area contributed by atoms with Gasteiger partial charge in [0.1, 0.15) is 5.75 Å². The van der Waals surface area contributed by atoms with Crippen LogP contribution in [-0.2, 0) is 6.54 Å². The third-order valence-corrected chi connectivity index (χ3v) is 4.21. The highest BCUT2D eigenvalue weighted by atomic mass is 32.1. The molecular formula is C19H14F6N4OS. The van der Waals surface area contributed by atoms with Crippen LogP contribution in [0.5, 0.6) is 5.75 Å². The molecule has 0 amide bonds. The molecule has 0 radical (unpaired) electrons. The van der Waals surface area contributed by atoms with Crippen LogP contribution in [0.4, 0.5) is 37.8 Å². The summed E-state index contributed by atoms with van der Waals surface area (Å²) in [6, 6.07) is 5.96. The van der Waals surface area contributed by atoms with Crippen LogP contribution < -0.4 is 15.4 Å². The molecule has 0 bridgehead atoms. The van der Waals surface area contributed by atoms with Crippen molar-refractivity contribution in [1.82, 2.24) is 9.78 Å². The minimum Gasteiger partial charge on any atom is -0.433 e. The fraction of sp³-hybridized carbons (Fsp3) is 0.158. The molecule has 0 fully saturated rings. The summed E-state index contributed by atoms with van der Waals surface area (Å²) < 4.78 is 84.9. The van der Waals surface area contributed by atoms with E-state index in [0.29, 0.717) is 0 Å². The van der Waals surface area contributed by atoms with Crippen molar-refractivity contribution in [1.29, 1.82) is 0 Å². The van der Waals surface area contributed by atoms with Crippen LogP contribution in [0.1, 0.15) is 11.1 Å². The van der Waals surface area contributed by atoms with Gasteiger partial charge in [-0.05, 0) is 36.8 Å². The molecule has 31 heavy (non-hydrogen) atoms. The van der Waals surface area contributed by atoms with E-state index in [1.165, 1.54) is 24.4 Å². The van der Waals surface area contributed by atoms with E-state index in [9.17, 15) is 26.3 Å². The van der Waals surface area contributed by atoms with Gasteiger partial charge in [0.25, 0.3) is 0 Å². The molecule has 2 aromatic carbocycles. The van der Waals surface area contributed by atoms with Crippen molar-refractivity contribution in [2.75, 3.05) is 10.6 Å². The summed E-state index contributed by atoms with van der Waals surface area (Å²) in [6.45, 7) is -1.88. The topological polar surface area (TPSA) is 51.1 Å². The van der Waals surface area contributed by atoms with Crippen molar-refractivity contribution in [2.24, 2.45) is 0 Å². The number of nitrogens with zero attached hydrogens (tertiary/aromatic N) is 2. The van der Waals surface area contributed by atoms with Crippen LogP contribution in [0.15, 0.2) is 36.5 Å². The zero-order valence-electron chi connectivity index (χ0n) is 15.7. The SMILES string of the molecule is Cc1ccc(OC(F)F)c(NC(=S)Nc2ccn(Cc3c(F)c(F)cc(F)c3F)n2)c1. The molecule has 3 rings (SSSR count). The highest BCUT2D eigenvalue weighted by Crippen LogP contribution is 2.27. The smallest absolute Gasteiger partial charge is 0.387 e. The second-order valence-electron chi connectivity index (χ2n) is 6.30. The Morgan fingerprint density at radius 3 is 2.39 bits per heavy atom. The van der Waals surface area contributed by atoms with Gasteiger partial charge in [0.15, 0.2) is 34.2 Å². The summed E-state index contributed by atoms with van der Waals surface area (Å²) in [7, 11) is 0. The number of thiocarbonyl (C=S) groups is 1. The first-order valence-corrected chi connectivity index (χ1v) is 9.03. The molecule has 0 aliphatic carbocycles. The molecule has 0 unspecified atom stereocenters. The van der Waals surface area contributed by atoms with Gasteiger partial charge in [-0.25, -0.2) is 17.6 Å². The summed E-state index contributed by atoms with van der Waals surface area (Å²) in [5.74, 6) is -6.10. The lowest BCUT2D eigenvalue weighted by atomic mass is 10.2. The molecule has 0 aliphatic heterocycles. The van der Waals surface area contributed by atoms with Gasteiger partial charge >= 0.3 is 6.61 Å². The van der Waals surface area contributed by atoms with E-state index >= 15 is 0 Å². The third-order valence-electron chi connectivity index (χ3n) is 4.00. The highest BCUT2D eigenvalue weighted by Gasteiger charge is 2.20. The molecule has 0 aliphatic rings. The van der Waals surface area contributed by atoms with Crippen molar-refractivity contribution in [3.8, 4) is 5.75 Å². The average Bonchev–Trinajstić information content (AvgIpc) is 3.12. The van der Waals surface area contributed by atoms with Gasteiger partial charge in [-0.2, -0.15) is 13.9 Å². The molecule has 5 nitrogen and oxygen atoms in total. The van der Waals surface area contributed by atoms with Crippen molar-refractivity contribution in [2.45, 2.75) is 20.1 Å². The summed E-state index contributed by atoms with van der Waals surface area (Å²) in [6.07, 6.45) is 1.30. The monoisotopic (exact) mass is 460 g/mol. The first-order chi connectivity index (χ1) is 14.6. The minimum absolute atomic E-state index is 0.0378. The van der Waals surface area contributed by atoms with E-state index in [-0.39, 0.29) is 28.4 Å². The lowest BCUT2D eigenvalue weighted by Gasteiger charge is -2.14. The minimum atomic E-state index is -3.03.